The molecule has 0 saturated carbocycles. The lowest BCUT2D eigenvalue weighted by molar-refractivity contribution is 0.889. The second-order valence-corrected chi connectivity index (χ2v) is 4.80. The summed E-state index contributed by atoms with van der Waals surface area (Å²) in [7, 11) is 1.95. The van der Waals surface area contributed by atoms with Crippen LogP contribution >= 0.6 is 11.6 Å². The van der Waals surface area contributed by atoms with Crippen LogP contribution in [0, 0.1) is 18.3 Å². The predicted molar refractivity (Wildman–Crippen MR) is 77.2 cm³/mol. The molecular formula is C15H14ClN3. The molecule has 0 spiro atoms. The second kappa shape index (κ2) is 5.73. The molecule has 19 heavy (non-hydrogen) atoms. The van der Waals surface area contributed by atoms with E-state index in [9.17, 15) is 0 Å². The molecule has 0 radical (unpaired) electrons. The third kappa shape index (κ3) is 3.04. The van der Waals surface area contributed by atoms with Crippen molar-refractivity contribution < 1.29 is 0 Å². The zero-order chi connectivity index (χ0) is 13.8. The topological polar surface area (TPSA) is 39.9 Å². The standard InChI is InChI=1S/C15H14ClN3/c1-11-5-3-4-6-12(11)10-19(2)15-8-7-13(16)14(9-17)18-15/h3-8H,10H2,1-2H3. The maximum absolute atomic E-state index is 8.94. The molecule has 1 aromatic carbocycles. The van der Waals surface area contributed by atoms with Crippen molar-refractivity contribution in [1.29, 1.82) is 5.26 Å². The Labute approximate surface area is 118 Å². The van der Waals surface area contributed by atoms with Gasteiger partial charge in [-0.05, 0) is 30.2 Å². The average Bonchev–Trinajstić information content (AvgIpc) is 2.42. The summed E-state index contributed by atoms with van der Waals surface area (Å²) in [5.74, 6) is 0.740. The minimum Gasteiger partial charge on any atom is -0.355 e. The van der Waals surface area contributed by atoms with Gasteiger partial charge in [-0.25, -0.2) is 4.98 Å². The van der Waals surface area contributed by atoms with E-state index in [2.05, 4.69) is 24.0 Å². The third-order valence-corrected chi connectivity index (χ3v) is 3.30. The molecule has 0 unspecified atom stereocenters. The number of anilines is 1. The van der Waals surface area contributed by atoms with Gasteiger partial charge in [0.25, 0.3) is 0 Å². The van der Waals surface area contributed by atoms with Crippen LogP contribution in [0.3, 0.4) is 0 Å². The Balaban J connectivity index is 2.24. The van der Waals surface area contributed by atoms with Gasteiger partial charge in [-0.2, -0.15) is 5.26 Å². The summed E-state index contributed by atoms with van der Waals surface area (Å²) in [6.45, 7) is 2.82. The highest BCUT2D eigenvalue weighted by atomic mass is 35.5. The number of pyridine rings is 1. The summed E-state index contributed by atoms with van der Waals surface area (Å²) < 4.78 is 0. The van der Waals surface area contributed by atoms with Gasteiger partial charge in [0.1, 0.15) is 11.9 Å². The Hall–Kier alpha value is -2.05. The lowest BCUT2D eigenvalue weighted by atomic mass is 10.1. The smallest absolute Gasteiger partial charge is 0.161 e. The highest BCUT2D eigenvalue weighted by Crippen LogP contribution is 2.20. The Morgan fingerprint density at radius 1 is 1.26 bits per heavy atom. The molecule has 0 saturated heterocycles. The van der Waals surface area contributed by atoms with Crippen molar-refractivity contribution in [2.45, 2.75) is 13.5 Å². The summed E-state index contributed by atoms with van der Waals surface area (Å²) >= 11 is 5.88. The lowest BCUT2D eigenvalue weighted by Gasteiger charge is -2.19. The quantitative estimate of drug-likeness (QED) is 0.857. The van der Waals surface area contributed by atoms with Crippen LogP contribution in [-0.4, -0.2) is 12.0 Å². The molecule has 1 heterocycles. The normalized spacial score (nSPS) is 10.0. The fourth-order valence-corrected chi connectivity index (χ4v) is 1.99. The Morgan fingerprint density at radius 2 is 2.00 bits per heavy atom. The minimum atomic E-state index is 0.260. The van der Waals surface area contributed by atoms with Crippen LogP contribution < -0.4 is 4.90 Å². The number of hydrogen-bond donors (Lipinski definition) is 0. The lowest BCUT2D eigenvalue weighted by Crippen LogP contribution is -2.18. The van der Waals surface area contributed by atoms with Crippen molar-refractivity contribution >= 4 is 17.4 Å². The Kier molecular flexibility index (Phi) is 4.03. The molecule has 0 aliphatic rings. The predicted octanol–water partition coefficient (Wildman–Crippen LogP) is 3.55. The monoisotopic (exact) mass is 271 g/mol. The number of nitriles is 1. The Bertz CT molecular complexity index is 632. The fraction of sp³-hybridized carbons (Fsp3) is 0.200. The zero-order valence-corrected chi connectivity index (χ0v) is 11.6. The van der Waals surface area contributed by atoms with Crippen LogP contribution in [-0.2, 0) is 6.54 Å². The summed E-state index contributed by atoms with van der Waals surface area (Å²) in [5.41, 5.74) is 2.74. The first kappa shape index (κ1) is 13.4. The maximum Gasteiger partial charge on any atom is 0.161 e. The van der Waals surface area contributed by atoms with Gasteiger partial charge in [-0.15, -0.1) is 0 Å². The van der Waals surface area contributed by atoms with Crippen molar-refractivity contribution in [2.24, 2.45) is 0 Å². The molecule has 2 rings (SSSR count). The largest absolute Gasteiger partial charge is 0.355 e. The van der Waals surface area contributed by atoms with E-state index in [-0.39, 0.29) is 5.69 Å². The SMILES string of the molecule is Cc1ccccc1CN(C)c1ccc(Cl)c(C#N)n1. The molecule has 4 heteroatoms. The van der Waals surface area contributed by atoms with Crippen LogP contribution in [0.15, 0.2) is 36.4 Å². The van der Waals surface area contributed by atoms with Gasteiger partial charge in [0, 0.05) is 13.6 Å². The maximum atomic E-state index is 8.94. The first-order valence-corrected chi connectivity index (χ1v) is 6.32. The van der Waals surface area contributed by atoms with E-state index in [1.54, 1.807) is 6.07 Å². The van der Waals surface area contributed by atoms with Crippen LogP contribution in [0.4, 0.5) is 5.82 Å². The van der Waals surface area contributed by atoms with E-state index in [0.29, 0.717) is 5.02 Å². The van der Waals surface area contributed by atoms with Gasteiger partial charge in [-0.1, -0.05) is 35.9 Å². The number of nitrogens with zero attached hydrogens (tertiary/aromatic N) is 3. The van der Waals surface area contributed by atoms with Gasteiger partial charge >= 0.3 is 0 Å². The first-order valence-electron chi connectivity index (χ1n) is 5.94. The number of halogens is 1. The van der Waals surface area contributed by atoms with E-state index in [0.717, 1.165) is 12.4 Å². The number of aromatic nitrogens is 1. The molecule has 0 amide bonds. The summed E-state index contributed by atoms with van der Waals surface area (Å²) in [4.78, 5) is 6.25. The number of hydrogen-bond acceptors (Lipinski definition) is 3. The van der Waals surface area contributed by atoms with Gasteiger partial charge in [0.15, 0.2) is 5.69 Å². The van der Waals surface area contributed by atoms with Gasteiger partial charge in [0.2, 0.25) is 0 Å². The van der Waals surface area contributed by atoms with Crippen molar-refractivity contribution in [2.75, 3.05) is 11.9 Å². The second-order valence-electron chi connectivity index (χ2n) is 4.39. The number of benzene rings is 1. The average molecular weight is 272 g/mol. The highest BCUT2D eigenvalue weighted by molar-refractivity contribution is 6.31. The van der Waals surface area contributed by atoms with E-state index < -0.39 is 0 Å². The van der Waals surface area contributed by atoms with Gasteiger partial charge in [-0.3, -0.25) is 0 Å². The molecular weight excluding hydrogens is 258 g/mol. The minimum absolute atomic E-state index is 0.260. The van der Waals surface area contributed by atoms with Crippen LogP contribution in [0.25, 0.3) is 0 Å². The molecule has 0 bridgehead atoms. The molecule has 0 atom stereocenters. The van der Waals surface area contributed by atoms with E-state index in [4.69, 9.17) is 16.9 Å². The van der Waals surface area contributed by atoms with Gasteiger partial charge < -0.3 is 4.90 Å². The molecule has 0 aliphatic heterocycles. The molecule has 0 N–H and O–H groups in total. The zero-order valence-electron chi connectivity index (χ0n) is 10.9. The van der Waals surface area contributed by atoms with Crippen molar-refractivity contribution in [3.8, 4) is 6.07 Å². The van der Waals surface area contributed by atoms with Crippen molar-refractivity contribution in [1.82, 2.24) is 4.98 Å². The fourth-order valence-electron chi connectivity index (χ4n) is 1.85. The third-order valence-electron chi connectivity index (χ3n) is 3.00. The summed E-state index contributed by atoms with van der Waals surface area (Å²) in [6, 6.07) is 13.7. The highest BCUT2D eigenvalue weighted by Gasteiger charge is 2.08. The van der Waals surface area contributed by atoms with E-state index in [1.807, 2.05) is 36.2 Å². The van der Waals surface area contributed by atoms with Crippen LogP contribution in [0.1, 0.15) is 16.8 Å². The van der Waals surface area contributed by atoms with Crippen LogP contribution in [0.5, 0.6) is 0 Å². The molecule has 0 aliphatic carbocycles. The molecule has 96 valence electrons. The van der Waals surface area contributed by atoms with E-state index >= 15 is 0 Å². The van der Waals surface area contributed by atoms with Crippen molar-refractivity contribution in [3.05, 3.63) is 58.2 Å². The number of aryl methyl sites for hydroxylation is 1. The summed E-state index contributed by atoms with van der Waals surface area (Å²) in [5, 5.41) is 9.33. The van der Waals surface area contributed by atoms with E-state index in [1.165, 1.54) is 11.1 Å². The van der Waals surface area contributed by atoms with Crippen LogP contribution in [0.2, 0.25) is 5.02 Å². The Morgan fingerprint density at radius 3 is 2.68 bits per heavy atom. The molecule has 1 aromatic heterocycles. The first-order chi connectivity index (χ1) is 9.11. The van der Waals surface area contributed by atoms with Crippen molar-refractivity contribution in [3.63, 3.8) is 0 Å². The molecule has 0 fully saturated rings. The van der Waals surface area contributed by atoms with Gasteiger partial charge in [0.05, 0.1) is 5.02 Å². The summed E-state index contributed by atoms with van der Waals surface area (Å²) in [6.07, 6.45) is 0. The molecule has 3 nitrogen and oxygen atoms in total. The molecule has 2 aromatic rings. The number of rotatable bonds is 3.